The van der Waals surface area contributed by atoms with Crippen molar-refractivity contribution >= 4 is 11.6 Å². The van der Waals surface area contributed by atoms with Crippen molar-refractivity contribution in [1.82, 2.24) is 5.32 Å². The summed E-state index contributed by atoms with van der Waals surface area (Å²) in [6.45, 7) is 4.61. The number of rotatable bonds is 5. The van der Waals surface area contributed by atoms with E-state index in [1.807, 2.05) is 38.1 Å². The summed E-state index contributed by atoms with van der Waals surface area (Å²) >= 11 is 0. The number of carbonyl (C=O) groups is 1. The summed E-state index contributed by atoms with van der Waals surface area (Å²) in [4.78, 5) is 11.9. The second kappa shape index (κ2) is 5.82. The lowest BCUT2D eigenvalue weighted by Gasteiger charge is -2.22. The highest BCUT2D eigenvalue weighted by atomic mass is 16.3. The molecule has 106 valence electrons. The topological polar surface area (TPSA) is 68.3 Å². The van der Waals surface area contributed by atoms with Crippen LogP contribution in [0.2, 0.25) is 0 Å². The summed E-state index contributed by atoms with van der Waals surface area (Å²) in [5.41, 5.74) is 7.05. The third-order valence-corrected chi connectivity index (χ3v) is 3.26. The quantitative estimate of drug-likeness (QED) is 0.822. The van der Waals surface area contributed by atoms with Crippen molar-refractivity contribution in [2.45, 2.75) is 25.7 Å². The van der Waals surface area contributed by atoms with E-state index in [4.69, 9.17) is 10.2 Å². The first-order valence-electron chi connectivity index (χ1n) is 6.62. The number of hydrogen-bond donors (Lipinski definition) is 2. The molecule has 0 unspecified atom stereocenters. The number of furan rings is 1. The molecule has 0 saturated carbocycles. The molecule has 0 radical (unpaired) electrons. The van der Waals surface area contributed by atoms with Crippen LogP contribution in [0.4, 0.5) is 5.69 Å². The molecular weight excluding hydrogens is 252 g/mol. The van der Waals surface area contributed by atoms with Crippen LogP contribution in [-0.4, -0.2) is 12.5 Å². The molecule has 1 amide bonds. The number of benzene rings is 1. The van der Waals surface area contributed by atoms with Crippen molar-refractivity contribution in [3.63, 3.8) is 0 Å². The SMILES string of the molecule is CC(C)(CNC(=O)Cc1ccc(N)cc1)c1ccco1. The van der Waals surface area contributed by atoms with E-state index in [0.717, 1.165) is 11.3 Å². The molecule has 0 atom stereocenters. The highest BCUT2D eigenvalue weighted by Gasteiger charge is 2.24. The van der Waals surface area contributed by atoms with Gasteiger partial charge in [0.2, 0.25) is 5.91 Å². The fourth-order valence-electron chi connectivity index (χ4n) is 1.95. The zero-order valence-corrected chi connectivity index (χ0v) is 11.8. The molecule has 20 heavy (non-hydrogen) atoms. The fraction of sp³-hybridized carbons (Fsp3) is 0.312. The number of nitrogens with one attached hydrogen (secondary N) is 1. The molecule has 4 heteroatoms. The van der Waals surface area contributed by atoms with E-state index in [0.29, 0.717) is 18.7 Å². The molecular formula is C16H20N2O2. The van der Waals surface area contributed by atoms with E-state index in [2.05, 4.69) is 5.32 Å². The van der Waals surface area contributed by atoms with Crippen LogP contribution in [0.1, 0.15) is 25.2 Å². The van der Waals surface area contributed by atoms with Gasteiger partial charge in [0.05, 0.1) is 12.7 Å². The summed E-state index contributed by atoms with van der Waals surface area (Å²) in [5, 5.41) is 2.94. The largest absolute Gasteiger partial charge is 0.469 e. The maximum Gasteiger partial charge on any atom is 0.224 e. The predicted molar refractivity (Wildman–Crippen MR) is 79.3 cm³/mol. The van der Waals surface area contributed by atoms with E-state index < -0.39 is 0 Å². The van der Waals surface area contributed by atoms with Crippen molar-refractivity contribution in [1.29, 1.82) is 0 Å². The van der Waals surface area contributed by atoms with Gasteiger partial charge in [-0.2, -0.15) is 0 Å². The zero-order chi connectivity index (χ0) is 14.6. The monoisotopic (exact) mass is 272 g/mol. The lowest BCUT2D eigenvalue weighted by Crippen LogP contribution is -2.37. The van der Waals surface area contributed by atoms with Crippen LogP contribution >= 0.6 is 0 Å². The van der Waals surface area contributed by atoms with Crippen molar-refractivity contribution in [3.05, 3.63) is 54.0 Å². The maximum absolute atomic E-state index is 11.9. The lowest BCUT2D eigenvalue weighted by molar-refractivity contribution is -0.120. The number of carbonyl (C=O) groups excluding carboxylic acids is 1. The molecule has 0 saturated heterocycles. The van der Waals surface area contributed by atoms with Gasteiger partial charge in [-0.3, -0.25) is 4.79 Å². The number of nitrogen functional groups attached to an aromatic ring is 1. The van der Waals surface area contributed by atoms with Gasteiger partial charge < -0.3 is 15.5 Å². The average molecular weight is 272 g/mol. The van der Waals surface area contributed by atoms with Gasteiger partial charge in [-0.25, -0.2) is 0 Å². The van der Waals surface area contributed by atoms with E-state index >= 15 is 0 Å². The summed E-state index contributed by atoms with van der Waals surface area (Å²) in [7, 11) is 0. The van der Waals surface area contributed by atoms with Gasteiger partial charge in [-0.05, 0) is 29.8 Å². The Balaban J connectivity index is 1.88. The third kappa shape index (κ3) is 3.63. The Hall–Kier alpha value is -2.23. The Morgan fingerprint density at radius 1 is 1.25 bits per heavy atom. The molecule has 0 fully saturated rings. The summed E-state index contributed by atoms with van der Waals surface area (Å²) < 4.78 is 5.40. The molecule has 0 aliphatic carbocycles. The van der Waals surface area contributed by atoms with Crippen molar-refractivity contribution in [3.8, 4) is 0 Å². The second-order valence-electron chi connectivity index (χ2n) is 5.56. The van der Waals surface area contributed by atoms with Gasteiger partial charge in [0.1, 0.15) is 5.76 Å². The van der Waals surface area contributed by atoms with Gasteiger partial charge in [0.15, 0.2) is 0 Å². The number of hydrogen-bond acceptors (Lipinski definition) is 3. The standard InChI is InChI=1S/C16H20N2O2/c1-16(2,14-4-3-9-20-14)11-18-15(19)10-12-5-7-13(17)8-6-12/h3-9H,10-11,17H2,1-2H3,(H,18,19). The van der Waals surface area contributed by atoms with Crippen molar-refractivity contribution < 1.29 is 9.21 Å². The minimum Gasteiger partial charge on any atom is -0.469 e. The minimum absolute atomic E-state index is 0.00518. The number of amides is 1. The van der Waals surface area contributed by atoms with Crippen molar-refractivity contribution in [2.24, 2.45) is 0 Å². The van der Waals surface area contributed by atoms with E-state index in [-0.39, 0.29) is 11.3 Å². The van der Waals surface area contributed by atoms with Crippen LogP contribution in [0.15, 0.2) is 47.1 Å². The first-order valence-corrected chi connectivity index (χ1v) is 6.62. The van der Waals surface area contributed by atoms with Crippen LogP contribution < -0.4 is 11.1 Å². The van der Waals surface area contributed by atoms with Gasteiger partial charge in [-0.1, -0.05) is 26.0 Å². The van der Waals surface area contributed by atoms with Crippen LogP contribution in [0.5, 0.6) is 0 Å². The average Bonchev–Trinajstić information content (AvgIpc) is 2.94. The number of anilines is 1. The van der Waals surface area contributed by atoms with Crippen molar-refractivity contribution in [2.75, 3.05) is 12.3 Å². The first kappa shape index (κ1) is 14.2. The lowest BCUT2D eigenvalue weighted by atomic mass is 9.90. The molecule has 0 aliphatic heterocycles. The van der Waals surface area contributed by atoms with Gasteiger partial charge >= 0.3 is 0 Å². The smallest absolute Gasteiger partial charge is 0.224 e. The molecule has 2 rings (SSSR count). The predicted octanol–water partition coefficient (Wildman–Crippen LogP) is 2.50. The Morgan fingerprint density at radius 2 is 1.95 bits per heavy atom. The molecule has 4 nitrogen and oxygen atoms in total. The van der Waals surface area contributed by atoms with Gasteiger partial charge in [0.25, 0.3) is 0 Å². The summed E-state index contributed by atoms with van der Waals surface area (Å²) in [5.74, 6) is 0.861. The Morgan fingerprint density at radius 3 is 2.55 bits per heavy atom. The fourth-order valence-corrected chi connectivity index (χ4v) is 1.95. The normalized spacial score (nSPS) is 11.3. The minimum atomic E-state index is -0.222. The molecule has 1 aromatic carbocycles. The van der Waals surface area contributed by atoms with Crippen LogP contribution in [0.3, 0.4) is 0 Å². The van der Waals surface area contributed by atoms with E-state index in [1.54, 1.807) is 18.4 Å². The Bertz CT molecular complexity index is 557. The molecule has 1 heterocycles. The highest BCUT2D eigenvalue weighted by molar-refractivity contribution is 5.78. The first-order chi connectivity index (χ1) is 9.47. The molecule has 1 aromatic heterocycles. The van der Waals surface area contributed by atoms with Crippen LogP contribution in [-0.2, 0) is 16.6 Å². The highest BCUT2D eigenvalue weighted by Crippen LogP contribution is 2.22. The van der Waals surface area contributed by atoms with Gasteiger partial charge in [0, 0.05) is 17.6 Å². The second-order valence-corrected chi connectivity index (χ2v) is 5.56. The molecule has 0 bridgehead atoms. The van der Waals surface area contributed by atoms with E-state index in [9.17, 15) is 4.79 Å². The summed E-state index contributed by atoms with van der Waals surface area (Å²) in [6.07, 6.45) is 2.00. The Labute approximate surface area is 119 Å². The molecule has 3 N–H and O–H groups in total. The Kier molecular flexibility index (Phi) is 4.13. The molecule has 0 spiro atoms. The van der Waals surface area contributed by atoms with Crippen LogP contribution in [0.25, 0.3) is 0 Å². The maximum atomic E-state index is 11.9. The zero-order valence-electron chi connectivity index (χ0n) is 11.8. The third-order valence-electron chi connectivity index (χ3n) is 3.26. The van der Waals surface area contributed by atoms with E-state index in [1.165, 1.54) is 0 Å². The van der Waals surface area contributed by atoms with Gasteiger partial charge in [-0.15, -0.1) is 0 Å². The molecule has 2 aromatic rings. The van der Waals surface area contributed by atoms with Crippen LogP contribution in [0, 0.1) is 0 Å². The summed E-state index contributed by atoms with van der Waals surface area (Å²) in [6, 6.07) is 11.1. The number of nitrogens with two attached hydrogens (primary N) is 1. The molecule has 0 aliphatic rings.